The molecule has 1 aromatic carbocycles. The molecule has 3 fully saturated rings. The fourth-order valence-corrected chi connectivity index (χ4v) is 7.38. The van der Waals surface area contributed by atoms with E-state index >= 15 is 0 Å². The van der Waals surface area contributed by atoms with Crippen molar-refractivity contribution in [1.82, 2.24) is 4.90 Å². The number of imide groups is 1. The first-order chi connectivity index (χ1) is 14.3. The van der Waals surface area contributed by atoms with E-state index in [9.17, 15) is 14.4 Å². The summed E-state index contributed by atoms with van der Waals surface area (Å²) in [6, 6.07) is 4.92. The minimum absolute atomic E-state index is 0.00492. The first-order valence-electron chi connectivity index (χ1n) is 10.2. The van der Waals surface area contributed by atoms with E-state index in [0.717, 1.165) is 12.8 Å². The number of carbonyl (C=O) groups excluding carboxylic acids is 3. The van der Waals surface area contributed by atoms with Crippen molar-refractivity contribution in [3.63, 3.8) is 0 Å². The van der Waals surface area contributed by atoms with Crippen LogP contribution in [0.1, 0.15) is 32.1 Å². The lowest BCUT2D eigenvalue weighted by molar-refractivity contribution is -0.140. The van der Waals surface area contributed by atoms with Crippen molar-refractivity contribution in [2.75, 3.05) is 11.9 Å². The summed E-state index contributed by atoms with van der Waals surface area (Å²) in [6.07, 6.45) is 3.42. The molecule has 3 amide bonds. The predicted octanol–water partition coefficient (Wildman–Crippen LogP) is 5.27. The van der Waals surface area contributed by atoms with Crippen molar-refractivity contribution >= 4 is 78.5 Å². The van der Waals surface area contributed by atoms with Gasteiger partial charge >= 0.3 is 0 Å². The molecule has 30 heavy (non-hydrogen) atoms. The SMILES string of the molecule is O=C(CCCCCN1C(=O)[C@H]2[C@H]3C[C@@H]([C@@H](Br)[C@@H]3Br)[C@@H]2C1=O)Nc1cc(Cl)ccc1Cl. The van der Waals surface area contributed by atoms with Crippen molar-refractivity contribution in [3.05, 3.63) is 28.2 Å². The molecule has 162 valence electrons. The second-order valence-corrected chi connectivity index (χ2v) is 11.3. The summed E-state index contributed by atoms with van der Waals surface area (Å²) in [5.41, 5.74) is 0.499. The van der Waals surface area contributed by atoms with E-state index in [0.29, 0.717) is 41.5 Å². The van der Waals surface area contributed by atoms with Crippen LogP contribution in [0.2, 0.25) is 10.0 Å². The molecule has 3 aliphatic rings. The molecule has 0 aromatic heterocycles. The number of nitrogens with zero attached hydrogens (tertiary/aromatic N) is 1. The summed E-state index contributed by atoms with van der Waals surface area (Å²) in [4.78, 5) is 39.8. The summed E-state index contributed by atoms with van der Waals surface area (Å²) < 4.78 is 0. The van der Waals surface area contributed by atoms with Crippen LogP contribution in [0.3, 0.4) is 0 Å². The van der Waals surface area contributed by atoms with E-state index in [4.69, 9.17) is 23.2 Å². The molecule has 6 atom stereocenters. The normalized spacial score (nSPS) is 32.1. The molecule has 0 spiro atoms. The lowest BCUT2D eigenvalue weighted by atomic mass is 9.81. The standard InChI is InChI=1S/C21H22Br2Cl2N2O3/c22-18-11-9-12(19(18)23)17-16(11)20(29)27(21(17)30)7-3-1-2-4-15(28)26-14-8-10(24)5-6-13(14)25/h5-6,8,11-12,16-19H,1-4,7,9H2,(H,26,28)/t11-,12-,16+,17+,18-,19-/m1/s1. The summed E-state index contributed by atoms with van der Waals surface area (Å²) in [5.74, 6) is 0.0261. The van der Waals surface area contributed by atoms with Gasteiger partial charge in [-0.3, -0.25) is 19.3 Å². The van der Waals surface area contributed by atoms with Gasteiger partial charge in [0.15, 0.2) is 0 Å². The number of hydrogen-bond acceptors (Lipinski definition) is 3. The second kappa shape index (κ2) is 9.08. The van der Waals surface area contributed by atoms with E-state index in [1.807, 2.05) is 0 Å². The molecule has 1 heterocycles. The molecule has 4 rings (SSSR count). The van der Waals surface area contributed by atoms with Crippen LogP contribution in [0, 0.1) is 23.7 Å². The van der Waals surface area contributed by atoms with Crippen LogP contribution in [-0.2, 0) is 14.4 Å². The molecule has 9 heteroatoms. The van der Waals surface area contributed by atoms with Crippen LogP contribution in [-0.4, -0.2) is 38.8 Å². The van der Waals surface area contributed by atoms with Crippen molar-refractivity contribution in [3.8, 4) is 0 Å². The van der Waals surface area contributed by atoms with E-state index in [2.05, 4.69) is 37.2 Å². The number of alkyl halides is 2. The highest BCUT2D eigenvalue weighted by atomic mass is 79.9. The van der Waals surface area contributed by atoms with Crippen LogP contribution < -0.4 is 5.32 Å². The number of anilines is 1. The number of carbonyl (C=O) groups is 3. The monoisotopic (exact) mass is 578 g/mol. The Hall–Kier alpha value is -0.630. The maximum Gasteiger partial charge on any atom is 0.233 e. The lowest BCUT2D eigenvalue weighted by Crippen LogP contribution is -2.37. The largest absolute Gasteiger partial charge is 0.325 e. The number of hydrogen-bond donors (Lipinski definition) is 1. The van der Waals surface area contributed by atoms with Gasteiger partial charge in [-0.25, -0.2) is 0 Å². The number of fused-ring (bicyclic) bond motifs is 5. The Labute approximate surface area is 202 Å². The summed E-state index contributed by atoms with van der Waals surface area (Å²) >= 11 is 19.4. The van der Waals surface area contributed by atoms with Gasteiger partial charge in [-0.15, -0.1) is 0 Å². The van der Waals surface area contributed by atoms with Crippen molar-refractivity contribution < 1.29 is 14.4 Å². The molecule has 2 aliphatic carbocycles. The second-order valence-electron chi connectivity index (χ2n) is 8.31. The quantitative estimate of drug-likeness (QED) is 0.271. The molecule has 1 aliphatic heterocycles. The number of likely N-dealkylation sites (tertiary alicyclic amines) is 1. The minimum Gasteiger partial charge on any atom is -0.325 e. The average molecular weight is 581 g/mol. The van der Waals surface area contributed by atoms with Crippen LogP contribution in [0.4, 0.5) is 5.69 Å². The first-order valence-corrected chi connectivity index (χ1v) is 12.8. The molecule has 0 radical (unpaired) electrons. The van der Waals surface area contributed by atoms with E-state index in [1.54, 1.807) is 18.2 Å². The Morgan fingerprint density at radius 1 is 1.03 bits per heavy atom. The summed E-state index contributed by atoms with van der Waals surface area (Å²) in [6.45, 7) is 0.436. The number of halogens is 4. The lowest BCUT2D eigenvalue weighted by Gasteiger charge is -2.28. The van der Waals surface area contributed by atoms with Crippen LogP contribution in [0.5, 0.6) is 0 Å². The highest BCUT2D eigenvalue weighted by molar-refractivity contribution is 9.12. The molecule has 1 N–H and O–H groups in total. The highest BCUT2D eigenvalue weighted by Crippen LogP contribution is 2.60. The Morgan fingerprint density at radius 2 is 1.67 bits per heavy atom. The molecule has 2 saturated carbocycles. The Balaban J connectivity index is 1.22. The van der Waals surface area contributed by atoms with E-state index < -0.39 is 0 Å². The van der Waals surface area contributed by atoms with Gasteiger partial charge in [0.05, 0.1) is 22.5 Å². The molecule has 2 bridgehead atoms. The molecular weight excluding hydrogens is 559 g/mol. The zero-order chi connectivity index (χ0) is 21.6. The number of unbranched alkanes of at least 4 members (excludes halogenated alkanes) is 2. The Kier molecular flexibility index (Phi) is 6.83. The van der Waals surface area contributed by atoms with Crippen LogP contribution in [0.15, 0.2) is 18.2 Å². The first kappa shape index (κ1) is 22.6. The topological polar surface area (TPSA) is 66.5 Å². The van der Waals surface area contributed by atoms with Gasteiger partial charge in [-0.2, -0.15) is 0 Å². The zero-order valence-electron chi connectivity index (χ0n) is 16.1. The van der Waals surface area contributed by atoms with Gasteiger partial charge in [-0.1, -0.05) is 61.5 Å². The van der Waals surface area contributed by atoms with Crippen LogP contribution in [0.25, 0.3) is 0 Å². The smallest absolute Gasteiger partial charge is 0.233 e. The van der Waals surface area contributed by atoms with Crippen LogP contribution >= 0.6 is 55.1 Å². The Bertz CT molecular complexity index is 852. The summed E-state index contributed by atoms with van der Waals surface area (Å²) in [7, 11) is 0. The van der Waals surface area contributed by atoms with Gasteiger partial charge in [0.2, 0.25) is 17.7 Å². The minimum atomic E-state index is -0.158. The molecule has 1 saturated heterocycles. The fraction of sp³-hybridized carbons (Fsp3) is 0.571. The van der Waals surface area contributed by atoms with Gasteiger partial charge in [-0.05, 0) is 49.3 Å². The predicted molar refractivity (Wildman–Crippen MR) is 124 cm³/mol. The third kappa shape index (κ3) is 4.07. The van der Waals surface area contributed by atoms with Gasteiger partial charge in [0.1, 0.15) is 0 Å². The van der Waals surface area contributed by atoms with Crippen molar-refractivity contribution in [1.29, 1.82) is 0 Å². The number of rotatable bonds is 7. The summed E-state index contributed by atoms with van der Waals surface area (Å²) in [5, 5.41) is 3.71. The third-order valence-electron chi connectivity index (χ3n) is 6.57. The van der Waals surface area contributed by atoms with Gasteiger partial charge in [0, 0.05) is 27.6 Å². The molecule has 0 unspecified atom stereocenters. The van der Waals surface area contributed by atoms with E-state index in [1.165, 1.54) is 4.90 Å². The number of benzene rings is 1. The van der Waals surface area contributed by atoms with Gasteiger partial charge < -0.3 is 5.32 Å². The molecular formula is C21H22Br2Cl2N2O3. The average Bonchev–Trinajstić information content (AvgIpc) is 3.30. The Morgan fingerprint density at radius 3 is 2.30 bits per heavy atom. The third-order valence-corrected chi connectivity index (χ3v) is 10.3. The van der Waals surface area contributed by atoms with Gasteiger partial charge in [0.25, 0.3) is 0 Å². The van der Waals surface area contributed by atoms with Crippen molar-refractivity contribution in [2.24, 2.45) is 23.7 Å². The van der Waals surface area contributed by atoms with Crippen molar-refractivity contribution in [2.45, 2.75) is 41.8 Å². The maximum atomic E-state index is 12.9. The molecule has 1 aromatic rings. The number of amides is 3. The zero-order valence-corrected chi connectivity index (χ0v) is 20.8. The number of nitrogens with one attached hydrogen (secondary N) is 1. The molecule has 5 nitrogen and oxygen atoms in total. The van der Waals surface area contributed by atoms with E-state index in [-0.39, 0.29) is 51.0 Å². The fourth-order valence-electron chi connectivity index (χ4n) is 5.17. The highest BCUT2D eigenvalue weighted by Gasteiger charge is 2.66. The maximum absolute atomic E-state index is 12.9.